The lowest BCUT2D eigenvalue weighted by Crippen LogP contribution is -2.20. The maximum Gasteiger partial charge on any atom is 0.417 e. The second-order valence-corrected chi connectivity index (χ2v) is 8.07. The molecular weight excluding hydrogens is 461 g/mol. The Morgan fingerprint density at radius 3 is 2.52 bits per heavy atom. The van der Waals surface area contributed by atoms with Crippen molar-refractivity contribution >= 4 is 38.4 Å². The molecule has 3 heterocycles. The van der Waals surface area contributed by atoms with E-state index in [4.69, 9.17) is 0 Å². The summed E-state index contributed by atoms with van der Waals surface area (Å²) in [5.74, 6) is -0.647. The van der Waals surface area contributed by atoms with Crippen molar-refractivity contribution in [1.29, 1.82) is 0 Å². The Hall–Kier alpha value is -3.87. The van der Waals surface area contributed by atoms with Crippen LogP contribution in [0.5, 0.6) is 0 Å². The first-order chi connectivity index (χ1) is 15.5. The molecule has 0 spiro atoms. The van der Waals surface area contributed by atoms with Crippen molar-refractivity contribution in [2.45, 2.75) is 26.6 Å². The number of hydrogen-bond donors (Lipinski definition) is 1. The molecule has 0 fully saturated rings. The van der Waals surface area contributed by atoms with E-state index in [-0.39, 0.29) is 44.8 Å². The van der Waals surface area contributed by atoms with Gasteiger partial charge in [-0.05, 0) is 19.9 Å². The molecule has 0 atom stereocenters. The monoisotopic (exact) mass is 476 g/mol. The summed E-state index contributed by atoms with van der Waals surface area (Å²) in [6.45, 7) is 2.53. The highest BCUT2D eigenvalue weighted by Gasteiger charge is 2.35. The van der Waals surface area contributed by atoms with E-state index in [1.807, 2.05) is 0 Å². The van der Waals surface area contributed by atoms with Gasteiger partial charge in [0.15, 0.2) is 10.8 Å². The number of nitrogens with one attached hydrogen (secondary N) is 1. The minimum absolute atomic E-state index is 0.0748. The number of fused-ring (bicyclic) bond motifs is 1. The highest BCUT2D eigenvalue weighted by atomic mass is 32.1. The molecule has 13 heteroatoms. The van der Waals surface area contributed by atoms with E-state index in [1.165, 1.54) is 13.8 Å². The van der Waals surface area contributed by atoms with Gasteiger partial charge in [0.2, 0.25) is 5.91 Å². The van der Waals surface area contributed by atoms with Crippen LogP contribution in [-0.4, -0.2) is 30.6 Å². The number of pyridine rings is 1. The normalized spacial score (nSPS) is 11.7. The topological polar surface area (TPSA) is 116 Å². The summed E-state index contributed by atoms with van der Waals surface area (Å²) in [5, 5.41) is 17.5. The predicted molar refractivity (Wildman–Crippen MR) is 115 cm³/mol. The minimum atomic E-state index is -4.65. The van der Waals surface area contributed by atoms with E-state index in [9.17, 15) is 28.1 Å². The van der Waals surface area contributed by atoms with Gasteiger partial charge in [0.05, 0.1) is 20.9 Å². The molecule has 33 heavy (non-hydrogen) atoms. The van der Waals surface area contributed by atoms with Crippen molar-refractivity contribution in [1.82, 2.24) is 19.7 Å². The fraction of sp³-hybridized carbons (Fsp3) is 0.200. The largest absolute Gasteiger partial charge is 0.417 e. The Kier molecular flexibility index (Phi) is 5.57. The zero-order valence-electron chi connectivity index (χ0n) is 17.2. The van der Waals surface area contributed by atoms with Gasteiger partial charge in [0, 0.05) is 5.56 Å². The minimum Gasteiger partial charge on any atom is -0.300 e. The molecule has 3 aromatic heterocycles. The Bertz CT molecular complexity index is 1380. The molecule has 1 N–H and O–H groups in total. The Labute approximate surface area is 188 Å². The lowest BCUT2D eigenvalue weighted by atomic mass is 10.1. The molecule has 0 saturated heterocycles. The number of carbonyl (C=O) groups excluding carboxylic acids is 1. The van der Waals surface area contributed by atoms with Crippen molar-refractivity contribution in [3.05, 3.63) is 63.5 Å². The van der Waals surface area contributed by atoms with E-state index in [2.05, 4.69) is 20.4 Å². The second-order valence-electron chi connectivity index (χ2n) is 7.07. The summed E-state index contributed by atoms with van der Waals surface area (Å²) in [7, 11) is 0. The highest BCUT2D eigenvalue weighted by molar-refractivity contribution is 7.22. The van der Waals surface area contributed by atoms with Crippen LogP contribution in [0.15, 0.2) is 36.4 Å². The van der Waals surface area contributed by atoms with Gasteiger partial charge < -0.3 is 5.32 Å². The molecule has 0 saturated carbocycles. The number of aryl methyl sites for hydroxylation is 1. The van der Waals surface area contributed by atoms with Crippen molar-refractivity contribution < 1.29 is 22.9 Å². The summed E-state index contributed by atoms with van der Waals surface area (Å²) in [4.78, 5) is 31.3. The standard InChI is InChI=1S/C20H15F3N6O3S/c1-10-16(29(31)32)11(2)28(27-10)9-15(30)25-19-26-18-17(33-19)13(20(21,22)23)8-14(24-18)12-6-4-3-5-7-12/h3-8H,9H2,1-2H3,(H,24,25,26,30). The van der Waals surface area contributed by atoms with E-state index < -0.39 is 22.6 Å². The number of nitro groups is 1. The average molecular weight is 476 g/mol. The van der Waals surface area contributed by atoms with E-state index in [0.717, 1.165) is 10.7 Å². The number of carbonyl (C=O) groups is 1. The summed E-state index contributed by atoms with van der Waals surface area (Å²) >= 11 is 0.648. The van der Waals surface area contributed by atoms with E-state index in [1.54, 1.807) is 30.3 Å². The second kappa shape index (κ2) is 8.24. The number of anilines is 1. The summed E-state index contributed by atoms with van der Waals surface area (Å²) in [6.07, 6.45) is -4.65. The smallest absolute Gasteiger partial charge is 0.300 e. The van der Waals surface area contributed by atoms with Gasteiger partial charge in [-0.2, -0.15) is 23.3 Å². The molecule has 0 radical (unpaired) electrons. The van der Waals surface area contributed by atoms with Crippen molar-refractivity contribution in [3.63, 3.8) is 0 Å². The van der Waals surface area contributed by atoms with Crippen LogP contribution in [0.3, 0.4) is 0 Å². The fourth-order valence-electron chi connectivity index (χ4n) is 3.33. The third-order valence-electron chi connectivity index (χ3n) is 4.80. The number of nitrogens with zero attached hydrogens (tertiary/aromatic N) is 5. The molecule has 170 valence electrons. The van der Waals surface area contributed by atoms with Crippen LogP contribution < -0.4 is 5.32 Å². The Morgan fingerprint density at radius 1 is 1.21 bits per heavy atom. The van der Waals surface area contributed by atoms with Crippen molar-refractivity contribution in [3.8, 4) is 11.3 Å². The molecular formula is C20H15F3N6O3S. The number of thiazole rings is 1. The number of alkyl halides is 3. The van der Waals surface area contributed by atoms with Gasteiger partial charge in [-0.15, -0.1) is 0 Å². The average Bonchev–Trinajstić information content (AvgIpc) is 3.26. The van der Waals surface area contributed by atoms with Gasteiger partial charge in [0.1, 0.15) is 17.9 Å². The number of amides is 1. The van der Waals surface area contributed by atoms with E-state index in [0.29, 0.717) is 16.9 Å². The Morgan fingerprint density at radius 2 is 1.91 bits per heavy atom. The van der Waals surface area contributed by atoms with Gasteiger partial charge in [-0.25, -0.2) is 4.98 Å². The van der Waals surface area contributed by atoms with Crippen molar-refractivity contribution in [2.75, 3.05) is 5.32 Å². The van der Waals surface area contributed by atoms with Gasteiger partial charge >= 0.3 is 11.9 Å². The maximum atomic E-state index is 13.7. The van der Waals surface area contributed by atoms with Gasteiger partial charge in [-0.3, -0.25) is 19.6 Å². The SMILES string of the molecule is Cc1nn(CC(=O)Nc2nc3nc(-c4ccccc4)cc(C(F)(F)F)c3s2)c(C)c1[N+](=O)[O-]. The van der Waals surface area contributed by atoms with Crippen molar-refractivity contribution in [2.24, 2.45) is 0 Å². The summed E-state index contributed by atoms with van der Waals surface area (Å²) in [6, 6.07) is 9.33. The van der Waals surface area contributed by atoms with Crippen LogP contribution >= 0.6 is 11.3 Å². The van der Waals surface area contributed by atoms with Crippen LogP contribution in [0.4, 0.5) is 24.0 Å². The van der Waals surface area contributed by atoms with Crippen LogP contribution in [0.1, 0.15) is 17.0 Å². The number of aromatic nitrogens is 4. The third-order valence-corrected chi connectivity index (χ3v) is 5.80. The first kappa shape index (κ1) is 22.3. The molecule has 4 aromatic rings. The molecule has 1 amide bonds. The predicted octanol–water partition coefficient (Wildman–Crippen LogP) is 4.74. The zero-order valence-corrected chi connectivity index (χ0v) is 18.0. The van der Waals surface area contributed by atoms with Crippen LogP contribution in [0.2, 0.25) is 0 Å². The molecule has 0 aliphatic carbocycles. The third kappa shape index (κ3) is 4.39. The number of rotatable bonds is 5. The number of hydrogen-bond acceptors (Lipinski definition) is 7. The molecule has 4 rings (SSSR count). The fourth-order valence-corrected chi connectivity index (χ4v) is 4.29. The van der Waals surface area contributed by atoms with Crippen LogP contribution in [0, 0.1) is 24.0 Å². The molecule has 0 bridgehead atoms. The Balaban J connectivity index is 1.66. The first-order valence-electron chi connectivity index (χ1n) is 9.47. The quantitative estimate of drug-likeness (QED) is 0.329. The van der Waals surface area contributed by atoms with Gasteiger partial charge in [-0.1, -0.05) is 41.7 Å². The molecule has 1 aromatic carbocycles. The molecule has 9 nitrogen and oxygen atoms in total. The molecule has 0 unspecified atom stereocenters. The zero-order chi connectivity index (χ0) is 23.9. The number of halogens is 3. The maximum absolute atomic E-state index is 13.7. The lowest BCUT2D eigenvalue weighted by Gasteiger charge is -2.09. The van der Waals surface area contributed by atoms with E-state index >= 15 is 0 Å². The summed E-state index contributed by atoms with van der Waals surface area (Å²) in [5.41, 5.74) is -0.314. The number of benzene rings is 1. The van der Waals surface area contributed by atoms with Gasteiger partial charge in [0.25, 0.3) is 0 Å². The molecule has 0 aliphatic rings. The summed E-state index contributed by atoms with van der Waals surface area (Å²) < 4.78 is 42.1. The lowest BCUT2D eigenvalue weighted by molar-refractivity contribution is -0.386. The first-order valence-corrected chi connectivity index (χ1v) is 10.3. The molecule has 0 aliphatic heterocycles. The van der Waals surface area contributed by atoms with Crippen LogP contribution in [-0.2, 0) is 17.5 Å². The van der Waals surface area contributed by atoms with Crippen LogP contribution in [0.25, 0.3) is 21.6 Å². The highest BCUT2D eigenvalue weighted by Crippen LogP contribution is 2.40.